The predicted molar refractivity (Wildman–Crippen MR) is 102 cm³/mol. The number of hydrogen-bond donors (Lipinski definition) is 1. The third-order valence-corrected chi connectivity index (χ3v) is 5.71. The molecule has 130 valence electrons. The maximum absolute atomic E-state index is 12.5. The summed E-state index contributed by atoms with van der Waals surface area (Å²) in [7, 11) is 2.03. The number of piperidine rings is 1. The summed E-state index contributed by atoms with van der Waals surface area (Å²) in [6, 6.07) is 8.49. The molecular formula is C19H22N4OS. The van der Waals surface area contributed by atoms with Crippen molar-refractivity contribution in [3.8, 4) is 0 Å². The predicted octanol–water partition coefficient (Wildman–Crippen LogP) is 2.96. The van der Waals surface area contributed by atoms with Gasteiger partial charge in [0.2, 0.25) is 5.91 Å². The highest BCUT2D eigenvalue weighted by Crippen LogP contribution is 2.23. The number of hydrogen-bond acceptors (Lipinski definition) is 4. The monoisotopic (exact) mass is 354 g/mol. The van der Waals surface area contributed by atoms with Gasteiger partial charge in [-0.25, -0.2) is 4.98 Å². The maximum atomic E-state index is 12.5. The first-order valence-electron chi connectivity index (χ1n) is 8.67. The van der Waals surface area contributed by atoms with Crippen molar-refractivity contribution in [2.45, 2.75) is 25.3 Å². The molecule has 0 aliphatic carbocycles. The molecule has 3 aromatic rings. The van der Waals surface area contributed by atoms with E-state index in [-0.39, 0.29) is 11.9 Å². The zero-order valence-electron chi connectivity index (χ0n) is 14.3. The van der Waals surface area contributed by atoms with Crippen LogP contribution in [-0.4, -0.2) is 34.6 Å². The number of carbonyl (C=O) groups excluding carboxylic acids is 1. The molecule has 1 N–H and O–H groups in total. The highest BCUT2D eigenvalue weighted by molar-refractivity contribution is 7.13. The van der Waals surface area contributed by atoms with Crippen LogP contribution in [0.5, 0.6) is 0 Å². The second-order valence-corrected chi connectivity index (χ2v) is 7.48. The number of aromatic nitrogens is 2. The van der Waals surface area contributed by atoms with Gasteiger partial charge >= 0.3 is 0 Å². The molecule has 4 rings (SSSR count). The molecule has 1 aromatic carbocycles. The van der Waals surface area contributed by atoms with Gasteiger partial charge in [0.15, 0.2) is 5.13 Å². The minimum absolute atomic E-state index is 0.115. The molecule has 1 aliphatic rings. The lowest BCUT2D eigenvalue weighted by atomic mass is 10.0. The third-order valence-electron chi connectivity index (χ3n) is 4.88. The van der Waals surface area contributed by atoms with E-state index in [1.165, 1.54) is 10.9 Å². The number of fused-ring (bicyclic) bond motifs is 1. The first-order chi connectivity index (χ1) is 12.2. The van der Waals surface area contributed by atoms with Crippen molar-refractivity contribution in [1.82, 2.24) is 14.9 Å². The molecule has 1 fully saturated rings. The average molecular weight is 354 g/mol. The Morgan fingerprint density at radius 3 is 2.88 bits per heavy atom. The fourth-order valence-electron chi connectivity index (χ4n) is 3.61. The van der Waals surface area contributed by atoms with Gasteiger partial charge < -0.3 is 14.8 Å². The van der Waals surface area contributed by atoms with Crippen LogP contribution in [-0.2, 0) is 18.3 Å². The van der Waals surface area contributed by atoms with Crippen molar-refractivity contribution in [3.63, 3.8) is 0 Å². The maximum Gasteiger partial charge on any atom is 0.224 e. The lowest BCUT2D eigenvalue weighted by molar-refractivity contribution is -0.121. The van der Waals surface area contributed by atoms with Gasteiger partial charge in [0.05, 0.1) is 6.42 Å². The van der Waals surface area contributed by atoms with E-state index in [2.05, 4.69) is 38.1 Å². The van der Waals surface area contributed by atoms with E-state index in [4.69, 9.17) is 0 Å². The molecular weight excluding hydrogens is 332 g/mol. The number of anilines is 1. The van der Waals surface area contributed by atoms with Crippen LogP contribution in [0.2, 0.25) is 0 Å². The first-order valence-corrected chi connectivity index (χ1v) is 9.55. The minimum atomic E-state index is 0.115. The normalized spacial score (nSPS) is 15.6. The van der Waals surface area contributed by atoms with Crippen LogP contribution < -0.4 is 10.2 Å². The van der Waals surface area contributed by atoms with Crippen LogP contribution in [0.15, 0.2) is 42.0 Å². The van der Waals surface area contributed by atoms with E-state index < -0.39 is 0 Å². The van der Waals surface area contributed by atoms with Gasteiger partial charge in [0, 0.05) is 54.9 Å². The second kappa shape index (κ2) is 6.88. The smallest absolute Gasteiger partial charge is 0.224 e. The molecule has 1 amide bonds. The molecule has 0 saturated carbocycles. The largest absolute Gasteiger partial charge is 0.353 e. The Labute approximate surface area is 151 Å². The zero-order chi connectivity index (χ0) is 17.2. The summed E-state index contributed by atoms with van der Waals surface area (Å²) >= 11 is 1.67. The van der Waals surface area contributed by atoms with Crippen molar-refractivity contribution < 1.29 is 4.79 Å². The van der Waals surface area contributed by atoms with E-state index in [9.17, 15) is 4.79 Å². The van der Waals surface area contributed by atoms with Gasteiger partial charge in [0.25, 0.3) is 0 Å². The van der Waals surface area contributed by atoms with Gasteiger partial charge in [-0.15, -0.1) is 11.3 Å². The Bertz CT molecular complexity index is 863. The van der Waals surface area contributed by atoms with Gasteiger partial charge in [-0.3, -0.25) is 4.79 Å². The Hall–Kier alpha value is -2.34. The van der Waals surface area contributed by atoms with E-state index in [1.807, 2.05) is 30.8 Å². The molecule has 5 nitrogen and oxygen atoms in total. The fourth-order valence-corrected chi connectivity index (χ4v) is 4.30. The lowest BCUT2D eigenvalue weighted by Gasteiger charge is -2.32. The van der Waals surface area contributed by atoms with Crippen molar-refractivity contribution in [1.29, 1.82) is 0 Å². The summed E-state index contributed by atoms with van der Waals surface area (Å²) in [5.41, 5.74) is 2.26. The quantitative estimate of drug-likeness (QED) is 0.784. The van der Waals surface area contributed by atoms with Gasteiger partial charge in [-0.1, -0.05) is 18.2 Å². The first kappa shape index (κ1) is 16.1. The molecule has 0 atom stereocenters. The molecule has 0 unspecified atom stereocenters. The molecule has 3 heterocycles. The van der Waals surface area contributed by atoms with E-state index in [0.29, 0.717) is 6.42 Å². The number of aryl methyl sites for hydroxylation is 1. The molecule has 0 spiro atoms. The Balaban J connectivity index is 1.35. The number of amides is 1. The van der Waals surface area contributed by atoms with E-state index >= 15 is 0 Å². The molecule has 1 aliphatic heterocycles. The summed E-state index contributed by atoms with van der Waals surface area (Å²) in [4.78, 5) is 19.2. The van der Waals surface area contributed by atoms with E-state index in [0.717, 1.165) is 36.6 Å². The minimum Gasteiger partial charge on any atom is -0.353 e. The van der Waals surface area contributed by atoms with Gasteiger partial charge in [0.1, 0.15) is 0 Å². The summed E-state index contributed by atoms with van der Waals surface area (Å²) in [6.07, 6.45) is 6.29. The molecule has 0 radical (unpaired) electrons. The summed E-state index contributed by atoms with van der Waals surface area (Å²) in [6.45, 7) is 1.90. The molecule has 2 aromatic heterocycles. The summed E-state index contributed by atoms with van der Waals surface area (Å²) in [5, 5.41) is 7.47. The lowest BCUT2D eigenvalue weighted by Crippen LogP contribution is -2.45. The van der Waals surface area contributed by atoms with Crippen LogP contribution in [0.25, 0.3) is 10.9 Å². The van der Waals surface area contributed by atoms with Crippen LogP contribution in [0.3, 0.4) is 0 Å². The van der Waals surface area contributed by atoms with Crippen molar-refractivity contribution >= 4 is 33.3 Å². The Morgan fingerprint density at radius 1 is 1.32 bits per heavy atom. The Morgan fingerprint density at radius 2 is 2.12 bits per heavy atom. The standard InChI is InChI=1S/C19H22N4OS/c1-22-13-14(16-4-2-3-5-17(16)22)12-18(24)21-15-6-9-23(10-7-15)19-20-8-11-25-19/h2-5,8,11,13,15H,6-7,9-10,12H2,1H3,(H,21,24). The summed E-state index contributed by atoms with van der Waals surface area (Å²) < 4.78 is 2.09. The van der Waals surface area contributed by atoms with Crippen LogP contribution >= 0.6 is 11.3 Å². The number of nitrogens with one attached hydrogen (secondary N) is 1. The topological polar surface area (TPSA) is 50.2 Å². The number of nitrogens with zero attached hydrogens (tertiary/aromatic N) is 3. The number of rotatable bonds is 4. The van der Waals surface area contributed by atoms with Crippen molar-refractivity contribution in [2.24, 2.45) is 7.05 Å². The van der Waals surface area contributed by atoms with Crippen LogP contribution in [0, 0.1) is 0 Å². The highest BCUT2D eigenvalue weighted by Gasteiger charge is 2.22. The van der Waals surface area contributed by atoms with Gasteiger partial charge in [-0.2, -0.15) is 0 Å². The molecule has 25 heavy (non-hydrogen) atoms. The number of benzene rings is 1. The number of para-hydroxylation sites is 1. The fraction of sp³-hybridized carbons (Fsp3) is 0.368. The Kier molecular flexibility index (Phi) is 4.44. The highest BCUT2D eigenvalue weighted by atomic mass is 32.1. The molecule has 1 saturated heterocycles. The van der Waals surface area contributed by atoms with Crippen molar-refractivity contribution in [2.75, 3.05) is 18.0 Å². The second-order valence-electron chi connectivity index (χ2n) is 6.60. The molecule has 6 heteroatoms. The van der Waals surface area contributed by atoms with Crippen LogP contribution in [0.4, 0.5) is 5.13 Å². The SMILES string of the molecule is Cn1cc(CC(=O)NC2CCN(c3nccs3)CC2)c2ccccc21. The van der Waals surface area contributed by atoms with E-state index in [1.54, 1.807) is 11.3 Å². The molecule has 0 bridgehead atoms. The van der Waals surface area contributed by atoms with Crippen molar-refractivity contribution in [3.05, 3.63) is 47.6 Å². The number of thiazole rings is 1. The van der Waals surface area contributed by atoms with Gasteiger partial charge in [-0.05, 0) is 24.5 Å². The average Bonchev–Trinajstić information content (AvgIpc) is 3.25. The number of carbonyl (C=O) groups is 1. The summed E-state index contributed by atoms with van der Waals surface area (Å²) in [5.74, 6) is 0.115. The van der Waals surface area contributed by atoms with Crippen LogP contribution in [0.1, 0.15) is 18.4 Å². The zero-order valence-corrected chi connectivity index (χ0v) is 15.1. The third kappa shape index (κ3) is 3.39.